The number of fused-ring (bicyclic) bond motifs is 1. The normalized spacial score (nSPS) is 10.9. The van der Waals surface area contributed by atoms with E-state index in [4.69, 9.17) is 0 Å². The highest BCUT2D eigenvalue weighted by Gasteiger charge is 2.14. The Balaban J connectivity index is 2.16. The number of amides is 3. The molecule has 0 aliphatic heterocycles. The van der Waals surface area contributed by atoms with Crippen molar-refractivity contribution in [1.82, 2.24) is 20.2 Å². The predicted molar refractivity (Wildman–Crippen MR) is 87.9 cm³/mol. The second-order valence-electron chi connectivity index (χ2n) is 5.30. The third-order valence-corrected chi connectivity index (χ3v) is 3.96. The first-order valence-corrected chi connectivity index (χ1v) is 8.09. The number of hydrogen-bond donors (Lipinski definition) is 2. The summed E-state index contributed by atoms with van der Waals surface area (Å²) >= 11 is 1.34. The molecule has 3 amide bonds. The first kappa shape index (κ1) is 16.4. The monoisotopic (exact) mass is 320 g/mol. The van der Waals surface area contributed by atoms with E-state index in [0.29, 0.717) is 5.92 Å². The number of hydrogen-bond acceptors (Lipinski definition) is 4. The number of para-hydroxylation sites is 2. The first-order chi connectivity index (χ1) is 10.5. The minimum absolute atomic E-state index is 0.148. The van der Waals surface area contributed by atoms with Gasteiger partial charge in [0.05, 0.1) is 16.8 Å². The lowest BCUT2D eigenvalue weighted by Crippen LogP contribution is -2.38. The lowest BCUT2D eigenvalue weighted by molar-refractivity contribution is -0.117. The van der Waals surface area contributed by atoms with E-state index in [1.165, 1.54) is 18.8 Å². The number of aromatic nitrogens is 2. The molecule has 0 aliphatic carbocycles. The van der Waals surface area contributed by atoms with Gasteiger partial charge in [0.25, 0.3) is 0 Å². The van der Waals surface area contributed by atoms with E-state index >= 15 is 0 Å². The van der Waals surface area contributed by atoms with Gasteiger partial charge in [-0.2, -0.15) is 0 Å². The molecule has 1 aromatic heterocycles. The quantitative estimate of drug-likeness (QED) is 0.829. The Labute approximate surface area is 133 Å². The van der Waals surface area contributed by atoms with Gasteiger partial charge < -0.3 is 9.88 Å². The molecule has 1 heterocycles. The molecule has 7 heteroatoms. The van der Waals surface area contributed by atoms with Gasteiger partial charge in [-0.05, 0) is 18.1 Å². The Morgan fingerprint density at radius 1 is 1.32 bits per heavy atom. The van der Waals surface area contributed by atoms with Crippen LogP contribution in [0.15, 0.2) is 29.4 Å². The third kappa shape index (κ3) is 4.00. The average Bonchev–Trinajstić information content (AvgIpc) is 2.82. The van der Waals surface area contributed by atoms with E-state index in [-0.39, 0.29) is 11.7 Å². The molecule has 0 spiro atoms. The lowest BCUT2D eigenvalue weighted by atomic mass is 10.2. The van der Waals surface area contributed by atoms with Crippen molar-refractivity contribution >= 4 is 34.7 Å². The number of rotatable bonds is 5. The van der Waals surface area contributed by atoms with Crippen molar-refractivity contribution in [3.05, 3.63) is 24.3 Å². The minimum atomic E-state index is -0.499. The lowest BCUT2D eigenvalue weighted by Gasteiger charge is -2.11. The highest BCUT2D eigenvalue weighted by Crippen LogP contribution is 2.25. The Morgan fingerprint density at radius 3 is 2.73 bits per heavy atom. The number of benzene rings is 1. The average molecular weight is 320 g/mol. The van der Waals surface area contributed by atoms with Gasteiger partial charge in [-0.25, -0.2) is 9.78 Å². The Morgan fingerprint density at radius 2 is 2.05 bits per heavy atom. The molecule has 2 N–H and O–H groups in total. The summed E-state index contributed by atoms with van der Waals surface area (Å²) in [6, 6.07) is 7.41. The number of imide groups is 1. The van der Waals surface area contributed by atoms with Gasteiger partial charge in [-0.15, -0.1) is 0 Å². The van der Waals surface area contributed by atoms with Crippen molar-refractivity contribution in [3.63, 3.8) is 0 Å². The van der Waals surface area contributed by atoms with Gasteiger partial charge in [0.2, 0.25) is 5.91 Å². The Bertz CT molecular complexity index is 681. The maximum absolute atomic E-state index is 11.7. The molecule has 0 atom stereocenters. The number of urea groups is 1. The van der Waals surface area contributed by atoms with Crippen molar-refractivity contribution in [1.29, 1.82) is 0 Å². The predicted octanol–water partition coefficient (Wildman–Crippen LogP) is 2.24. The molecule has 0 radical (unpaired) electrons. The van der Waals surface area contributed by atoms with E-state index in [9.17, 15) is 9.59 Å². The van der Waals surface area contributed by atoms with E-state index < -0.39 is 6.03 Å². The Hall–Kier alpha value is -2.02. The van der Waals surface area contributed by atoms with E-state index in [1.807, 2.05) is 24.3 Å². The van der Waals surface area contributed by atoms with Crippen LogP contribution < -0.4 is 10.6 Å². The molecule has 6 nitrogen and oxygen atoms in total. The topological polar surface area (TPSA) is 76.0 Å². The zero-order chi connectivity index (χ0) is 16.1. The molecule has 2 rings (SSSR count). The van der Waals surface area contributed by atoms with Crippen LogP contribution in [0, 0.1) is 5.92 Å². The molecule has 118 valence electrons. The highest BCUT2D eigenvalue weighted by molar-refractivity contribution is 7.99. The fourth-order valence-corrected chi connectivity index (χ4v) is 2.88. The number of nitrogens with one attached hydrogen (secondary N) is 2. The van der Waals surface area contributed by atoms with Crippen LogP contribution in [0.4, 0.5) is 4.79 Å². The zero-order valence-corrected chi connectivity index (χ0v) is 13.7. The van der Waals surface area contributed by atoms with Crippen LogP contribution in [-0.4, -0.2) is 34.3 Å². The molecule has 0 saturated carbocycles. The Kier molecular flexibility index (Phi) is 5.43. The summed E-state index contributed by atoms with van der Waals surface area (Å²) in [7, 11) is 1.47. The van der Waals surface area contributed by atoms with Crippen molar-refractivity contribution in [3.8, 4) is 0 Å². The number of carbonyl (C=O) groups excluding carboxylic acids is 2. The summed E-state index contributed by atoms with van der Waals surface area (Å²) in [5.74, 6) is 0.277. The van der Waals surface area contributed by atoms with Crippen molar-refractivity contribution in [2.45, 2.75) is 25.5 Å². The number of carbonyl (C=O) groups is 2. The molecular weight excluding hydrogens is 300 g/mol. The molecule has 22 heavy (non-hydrogen) atoms. The van der Waals surface area contributed by atoms with Crippen LogP contribution >= 0.6 is 11.8 Å². The fraction of sp³-hybridized carbons (Fsp3) is 0.400. The molecule has 2 aromatic rings. The van der Waals surface area contributed by atoms with Crippen LogP contribution in [0.3, 0.4) is 0 Å². The highest BCUT2D eigenvalue weighted by atomic mass is 32.2. The molecule has 0 fully saturated rings. The standard InChI is InChI=1S/C15H20N4O2S/c1-10(2)8-19-12-7-5-4-6-11(12)17-15(19)22-9-13(20)18-14(21)16-3/h4-7,10H,8-9H2,1-3H3,(H2,16,18,20,21). The summed E-state index contributed by atoms with van der Waals surface area (Å²) in [5, 5.41) is 5.39. The molecule has 0 unspecified atom stereocenters. The first-order valence-electron chi connectivity index (χ1n) is 7.11. The van der Waals surface area contributed by atoms with E-state index in [1.54, 1.807) is 0 Å². The molecule has 0 saturated heterocycles. The zero-order valence-electron chi connectivity index (χ0n) is 12.9. The van der Waals surface area contributed by atoms with Crippen LogP contribution in [0.1, 0.15) is 13.8 Å². The summed E-state index contributed by atoms with van der Waals surface area (Å²) in [6.07, 6.45) is 0. The van der Waals surface area contributed by atoms with Gasteiger partial charge in [-0.3, -0.25) is 10.1 Å². The summed E-state index contributed by atoms with van der Waals surface area (Å²) < 4.78 is 2.12. The van der Waals surface area contributed by atoms with Gasteiger partial charge >= 0.3 is 6.03 Å². The number of nitrogens with zero attached hydrogens (tertiary/aromatic N) is 2. The largest absolute Gasteiger partial charge is 0.341 e. The third-order valence-electron chi connectivity index (χ3n) is 2.98. The molecule has 0 aliphatic rings. The maximum Gasteiger partial charge on any atom is 0.321 e. The van der Waals surface area contributed by atoms with Gasteiger partial charge in [0, 0.05) is 13.6 Å². The van der Waals surface area contributed by atoms with Crippen molar-refractivity contribution in [2.75, 3.05) is 12.8 Å². The number of imidazole rings is 1. The van der Waals surface area contributed by atoms with Crippen LogP contribution in [0.2, 0.25) is 0 Å². The summed E-state index contributed by atoms with van der Waals surface area (Å²) in [6.45, 7) is 5.11. The minimum Gasteiger partial charge on any atom is -0.341 e. The smallest absolute Gasteiger partial charge is 0.321 e. The molecule has 1 aromatic carbocycles. The van der Waals surface area contributed by atoms with Crippen LogP contribution in [0.25, 0.3) is 11.0 Å². The van der Waals surface area contributed by atoms with Crippen molar-refractivity contribution < 1.29 is 9.59 Å². The summed E-state index contributed by atoms with van der Waals surface area (Å²) in [5.41, 5.74) is 1.97. The molecule has 0 bridgehead atoms. The van der Waals surface area contributed by atoms with Gasteiger partial charge in [0.15, 0.2) is 5.16 Å². The fourth-order valence-electron chi connectivity index (χ4n) is 2.06. The van der Waals surface area contributed by atoms with Gasteiger partial charge in [0.1, 0.15) is 0 Å². The number of thioether (sulfide) groups is 1. The second kappa shape index (κ2) is 7.31. The summed E-state index contributed by atoms with van der Waals surface area (Å²) in [4.78, 5) is 27.4. The van der Waals surface area contributed by atoms with Crippen molar-refractivity contribution in [2.24, 2.45) is 5.92 Å². The van der Waals surface area contributed by atoms with E-state index in [0.717, 1.165) is 22.7 Å². The van der Waals surface area contributed by atoms with Crippen LogP contribution in [0.5, 0.6) is 0 Å². The van der Waals surface area contributed by atoms with Crippen LogP contribution in [-0.2, 0) is 11.3 Å². The van der Waals surface area contributed by atoms with E-state index in [2.05, 4.69) is 34.0 Å². The molecular formula is C15H20N4O2S. The maximum atomic E-state index is 11.7. The SMILES string of the molecule is CNC(=O)NC(=O)CSc1nc2ccccc2n1CC(C)C. The second-order valence-corrected chi connectivity index (χ2v) is 6.25. The van der Waals surface area contributed by atoms with Gasteiger partial charge in [-0.1, -0.05) is 37.7 Å².